The van der Waals surface area contributed by atoms with Crippen LogP contribution in [-0.2, 0) is 14.8 Å². The van der Waals surface area contributed by atoms with Crippen molar-refractivity contribution in [3.8, 4) is 17.2 Å². The van der Waals surface area contributed by atoms with Crippen LogP contribution in [-0.4, -0.2) is 38.8 Å². The lowest BCUT2D eigenvalue weighted by atomic mass is 10.2. The van der Waals surface area contributed by atoms with E-state index in [2.05, 4.69) is 5.32 Å². The van der Waals surface area contributed by atoms with E-state index in [0.717, 1.165) is 4.31 Å². The third kappa shape index (κ3) is 6.17. The third-order valence-electron chi connectivity index (χ3n) is 4.62. The van der Waals surface area contributed by atoms with E-state index < -0.39 is 22.5 Å². The third-order valence-corrected chi connectivity index (χ3v) is 7.07. The van der Waals surface area contributed by atoms with Gasteiger partial charge in [0.15, 0.2) is 5.75 Å². The number of nitrogens with zero attached hydrogens (tertiary/aromatic N) is 1. The van der Waals surface area contributed by atoms with Crippen LogP contribution in [0.2, 0.25) is 10.0 Å². The number of carbonyl (C=O) groups excluding carboxylic acids is 1. The predicted octanol–water partition coefficient (Wildman–Crippen LogP) is 5.44. The molecule has 0 unspecified atom stereocenters. The van der Waals surface area contributed by atoms with Gasteiger partial charge in [0.1, 0.15) is 11.5 Å². The fraction of sp³-hybridized carbons (Fsp3) is 0.174. The van der Waals surface area contributed by atoms with Gasteiger partial charge in [-0.15, -0.1) is 0 Å². The summed E-state index contributed by atoms with van der Waals surface area (Å²) in [6.45, 7) is 1.29. The maximum Gasteiger partial charge on any atom is 0.243 e. The van der Waals surface area contributed by atoms with Gasteiger partial charge in [-0.1, -0.05) is 48.3 Å². The van der Waals surface area contributed by atoms with Crippen LogP contribution in [0.1, 0.15) is 6.92 Å². The second kappa shape index (κ2) is 10.9. The molecule has 7 nitrogen and oxygen atoms in total. The van der Waals surface area contributed by atoms with Gasteiger partial charge in [-0.05, 0) is 48.5 Å². The fourth-order valence-corrected chi connectivity index (χ4v) is 4.90. The summed E-state index contributed by atoms with van der Waals surface area (Å²) in [5.41, 5.74) is 0.317. The van der Waals surface area contributed by atoms with Crippen molar-refractivity contribution < 1.29 is 22.7 Å². The van der Waals surface area contributed by atoms with Crippen LogP contribution in [0.4, 0.5) is 5.69 Å². The first kappa shape index (κ1) is 24.9. The summed E-state index contributed by atoms with van der Waals surface area (Å²) in [7, 11) is -2.54. The number of carbonyl (C=O) groups is 1. The Balaban J connectivity index is 1.79. The van der Waals surface area contributed by atoms with Crippen molar-refractivity contribution in [3.63, 3.8) is 0 Å². The van der Waals surface area contributed by atoms with Gasteiger partial charge < -0.3 is 14.8 Å². The molecule has 0 fully saturated rings. The number of amides is 1. The lowest BCUT2D eigenvalue weighted by Crippen LogP contribution is -2.37. The average molecular weight is 509 g/mol. The topological polar surface area (TPSA) is 84.9 Å². The molecule has 10 heteroatoms. The molecule has 0 aliphatic rings. The number of anilines is 1. The van der Waals surface area contributed by atoms with Gasteiger partial charge in [-0.3, -0.25) is 4.79 Å². The number of sulfonamides is 1. The summed E-state index contributed by atoms with van der Waals surface area (Å²) in [6.07, 6.45) is 0. The molecule has 3 rings (SSSR count). The van der Waals surface area contributed by atoms with Gasteiger partial charge in [0.05, 0.1) is 29.3 Å². The minimum Gasteiger partial charge on any atom is -0.495 e. The van der Waals surface area contributed by atoms with E-state index in [9.17, 15) is 13.2 Å². The van der Waals surface area contributed by atoms with Crippen molar-refractivity contribution in [3.05, 3.63) is 76.8 Å². The Morgan fingerprint density at radius 3 is 2.33 bits per heavy atom. The molecule has 0 heterocycles. The molecular weight excluding hydrogens is 487 g/mol. The molecule has 0 saturated carbocycles. The van der Waals surface area contributed by atoms with Crippen LogP contribution >= 0.6 is 23.2 Å². The molecule has 0 bridgehead atoms. The van der Waals surface area contributed by atoms with E-state index in [4.69, 9.17) is 32.7 Å². The first-order valence-corrected chi connectivity index (χ1v) is 12.1. The van der Waals surface area contributed by atoms with E-state index in [1.54, 1.807) is 31.2 Å². The van der Waals surface area contributed by atoms with E-state index >= 15 is 0 Å². The molecule has 1 N–H and O–H groups in total. The van der Waals surface area contributed by atoms with Crippen molar-refractivity contribution in [1.82, 2.24) is 4.31 Å². The Kier molecular flexibility index (Phi) is 8.20. The lowest BCUT2D eigenvalue weighted by molar-refractivity contribution is -0.116. The number of likely N-dealkylation sites (N-methyl/N-ethyl adjacent to an activating group) is 1. The highest BCUT2D eigenvalue weighted by molar-refractivity contribution is 7.89. The minimum atomic E-state index is -3.98. The van der Waals surface area contributed by atoms with Crippen molar-refractivity contribution >= 4 is 44.8 Å². The Morgan fingerprint density at radius 2 is 1.70 bits per heavy atom. The molecule has 0 aliphatic heterocycles. The number of nitrogens with one attached hydrogen (secondary N) is 1. The van der Waals surface area contributed by atoms with Crippen LogP contribution in [0.5, 0.6) is 17.2 Å². The molecule has 0 saturated heterocycles. The summed E-state index contributed by atoms with van der Waals surface area (Å²) in [4.78, 5) is 12.7. The van der Waals surface area contributed by atoms with Crippen LogP contribution < -0.4 is 14.8 Å². The molecular formula is C23H22Cl2N2O5S. The van der Waals surface area contributed by atoms with Gasteiger partial charge in [0.2, 0.25) is 15.9 Å². The quantitative estimate of drug-likeness (QED) is 0.415. The van der Waals surface area contributed by atoms with Crippen LogP contribution in [0.15, 0.2) is 71.6 Å². The first-order chi connectivity index (χ1) is 15.7. The van der Waals surface area contributed by atoms with E-state index in [-0.39, 0.29) is 16.5 Å². The number of hydrogen-bond acceptors (Lipinski definition) is 5. The molecule has 1 amide bonds. The number of benzene rings is 3. The molecule has 3 aromatic rings. The Hall–Kier alpha value is -2.78. The number of ether oxygens (including phenoxy) is 2. The van der Waals surface area contributed by atoms with Crippen molar-refractivity contribution in [1.29, 1.82) is 0 Å². The Labute approximate surface area is 202 Å². The van der Waals surface area contributed by atoms with Crippen LogP contribution in [0.3, 0.4) is 0 Å². The van der Waals surface area contributed by atoms with Gasteiger partial charge >= 0.3 is 0 Å². The summed E-state index contributed by atoms with van der Waals surface area (Å²) in [6, 6.07) is 17.9. The second-order valence-corrected chi connectivity index (χ2v) is 9.61. The van der Waals surface area contributed by atoms with Crippen LogP contribution in [0.25, 0.3) is 0 Å². The van der Waals surface area contributed by atoms with Gasteiger partial charge in [0, 0.05) is 11.6 Å². The highest BCUT2D eigenvalue weighted by atomic mass is 35.5. The van der Waals surface area contributed by atoms with Crippen molar-refractivity contribution in [2.75, 3.05) is 25.5 Å². The highest BCUT2D eigenvalue weighted by Crippen LogP contribution is 2.32. The standard InChI is InChI=1S/C23H22Cl2N2O5S/c1-3-27(33(29,30)18-10-12-21(31-2)19(25)14-18)15-23(28)26-20-13-16(24)9-11-22(20)32-17-7-5-4-6-8-17/h4-14H,3,15H2,1-2H3,(H,26,28). The summed E-state index contributed by atoms with van der Waals surface area (Å²) >= 11 is 12.2. The molecule has 174 valence electrons. The zero-order valence-electron chi connectivity index (χ0n) is 17.9. The molecule has 33 heavy (non-hydrogen) atoms. The van der Waals surface area contributed by atoms with E-state index in [0.29, 0.717) is 28.0 Å². The maximum atomic E-state index is 13.1. The predicted molar refractivity (Wildman–Crippen MR) is 129 cm³/mol. The molecule has 0 atom stereocenters. The number of hydrogen-bond donors (Lipinski definition) is 1. The maximum absolute atomic E-state index is 13.1. The van der Waals surface area contributed by atoms with E-state index in [1.807, 2.05) is 18.2 Å². The zero-order valence-corrected chi connectivity index (χ0v) is 20.2. The fourth-order valence-electron chi connectivity index (χ4n) is 2.98. The largest absolute Gasteiger partial charge is 0.495 e. The lowest BCUT2D eigenvalue weighted by Gasteiger charge is -2.21. The SMILES string of the molecule is CCN(CC(=O)Nc1cc(Cl)ccc1Oc1ccccc1)S(=O)(=O)c1ccc(OC)c(Cl)c1. The number of methoxy groups -OCH3 is 1. The highest BCUT2D eigenvalue weighted by Gasteiger charge is 2.26. The smallest absolute Gasteiger partial charge is 0.243 e. The van der Waals surface area contributed by atoms with Gasteiger partial charge in [-0.25, -0.2) is 8.42 Å². The molecule has 0 spiro atoms. The first-order valence-electron chi connectivity index (χ1n) is 9.90. The summed E-state index contributed by atoms with van der Waals surface area (Å²) in [5, 5.41) is 3.23. The van der Waals surface area contributed by atoms with Crippen molar-refractivity contribution in [2.24, 2.45) is 0 Å². The molecule has 0 aliphatic carbocycles. The minimum absolute atomic E-state index is 0.0428. The normalized spacial score (nSPS) is 11.3. The van der Waals surface area contributed by atoms with Crippen molar-refractivity contribution in [2.45, 2.75) is 11.8 Å². The van der Waals surface area contributed by atoms with Gasteiger partial charge in [-0.2, -0.15) is 4.31 Å². The van der Waals surface area contributed by atoms with Gasteiger partial charge in [0.25, 0.3) is 0 Å². The summed E-state index contributed by atoms with van der Waals surface area (Å²) < 4.78 is 38.1. The van der Waals surface area contributed by atoms with Crippen LogP contribution in [0, 0.1) is 0 Å². The monoisotopic (exact) mass is 508 g/mol. The Bertz CT molecular complexity index is 1240. The summed E-state index contributed by atoms with van der Waals surface area (Å²) in [5.74, 6) is 0.736. The average Bonchev–Trinajstić information content (AvgIpc) is 2.79. The molecule has 0 aromatic heterocycles. The van der Waals surface area contributed by atoms with E-state index in [1.165, 1.54) is 31.4 Å². The second-order valence-electron chi connectivity index (χ2n) is 6.83. The molecule has 0 radical (unpaired) electrons. The zero-order chi connectivity index (χ0) is 24.0. The number of para-hydroxylation sites is 1. The number of halogens is 2. The number of rotatable bonds is 9. The Morgan fingerprint density at radius 1 is 1.00 bits per heavy atom. The molecule has 3 aromatic carbocycles.